The molecule has 0 aromatic rings. The molecule has 0 saturated carbocycles. The van der Waals surface area contributed by atoms with E-state index in [0.29, 0.717) is 32.7 Å². The first-order valence-electron chi connectivity index (χ1n) is 8.71. The summed E-state index contributed by atoms with van der Waals surface area (Å²) in [6.45, 7) is 8.64. The third-order valence-corrected chi connectivity index (χ3v) is 6.83. The predicted molar refractivity (Wildman–Crippen MR) is 113 cm³/mol. The van der Waals surface area contributed by atoms with E-state index in [9.17, 15) is 4.57 Å². The van der Waals surface area contributed by atoms with Gasteiger partial charge >= 0.3 is 7.67 Å². The van der Waals surface area contributed by atoms with E-state index in [1.165, 1.54) is 11.1 Å². The normalized spacial score (nSPS) is 24.6. The Kier molecular flexibility index (Phi) is 12.1. The molecule has 0 radical (unpaired) electrons. The van der Waals surface area contributed by atoms with E-state index in [2.05, 4.69) is 69.9 Å². The van der Waals surface area contributed by atoms with E-state index in [1.54, 1.807) is 0 Å². The fourth-order valence-corrected chi connectivity index (χ4v) is 5.87. The third kappa shape index (κ3) is 9.32. The van der Waals surface area contributed by atoms with Gasteiger partial charge < -0.3 is 9.26 Å². The zero-order valence-corrected chi connectivity index (χ0v) is 19.5. The van der Waals surface area contributed by atoms with Crippen LogP contribution in [0.4, 0.5) is 0 Å². The van der Waals surface area contributed by atoms with Gasteiger partial charge in [0.15, 0.2) is 0 Å². The summed E-state index contributed by atoms with van der Waals surface area (Å²) in [5.41, 5.74) is 2.66. The minimum Gasteiger partial charge on any atom is -0.359 e. The van der Waals surface area contributed by atoms with E-state index in [4.69, 9.17) is 9.26 Å². The molecule has 0 aromatic carbocycles. The lowest BCUT2D eigenvalue weighted by Crippen LogP contribution is -2.42. The molecule has 0 aliphatic carbocycles. The Morgan fingerprint density at radius 3 is 2.56 bits per heavy atom. The Labute approximate surface area is 169 Å². The van der Waals surface area contributed by atoms with Crippen LogP contribution in [0, 0.1) is 0 Å². The monoisotopic (exact) mass is 500 g/mol. The summed E-state index contributed by atoms with van der Waals surface area (Å²) in [7, 11) is -3.04. The van der Waals surface area contributed by atoms with Crippen LogP contribution in [0.5, 0.6) is 0 Å². The summed E-state index contributed by atoms with van der Waals surface area (Å²) in [4.78, 5) is 0. The molecule has 1 aliphatic heterocycles. The predicted octanol–water partition coefficient (Wildman–Crippen LogP) is 5.23. The molecule has 2 unspecified atom stereocenters. The Morgan fingerprint density at radius 2 is 1.96 bits per heavy atom. The van der Waals surface area contributed by atoms with Crippen molar-refractivity contribution in [2.24, 2.45) is 0 Å². The van der Waals surface area contributed by atoms with Gasteiger partial charge in [-0.25, -0.2) is 9.76 Å². The largest absolute Gasteiger partial charge is 0.359 e. The zero-order valence-electron chi connectivity index (χ0n) is 15.5. The van der Waals surface area contributed by atoms with Gasteiger partial charge in [0.25, 0.3) is 0 Å². The first-order valence-corrected chi connectivity index (χ1v) is 12.5. The first kappa shape index (κ1) is 23.5. The Morgan fingerprint density at radius 1 is 1.28 bits per heavy atom. The lowest BCUT2D eigenvalue weighted by atomic mass is 10.1. The number of rotatable bonds is 11. The van der Waals surface area contributed by atoms with Crippen LogP contribution in [0.3, 0.4) is 0 Å². The van der Waals surface area contributed by atoms with Crippen molar-refractivity contribution < 1.29 is 13.8 Å². The minimum absolute atomic E-state index is 0.241. The quantitative estimate of drug-likeness (QED) is 0.238. The SMILES string of the molecule is CC(C)=CCC/C(C)=C/COC1CCOP(=O)(N(CCBr)CCBr)N1. The molecule has 1 saturated heterocycles. The highest BCUT2D eigenvalue weighted by Gasteiger charge is 2.37. The number of ether oxygens (including phenoxy) is 1. The van der Waals surface area contributed by atoms with Gasteiger partial charge in [-0.05, 0) is 33.6 Å². The standard InChI is InChI=1S/C17H31Br2N2O3P/c1-15(2)5-4-6-16(3)7-13-23-17-8-14-24-25(22,20-17)21(11-9-18)12-10-19/h5,7,17H,4,6,8-14H2,1-3H3,(H,20,22)/b16-7+. The van der Waals surface area contributed by atoms with Gasteiger partial charge in [-0.15, -0.1) is 0 Å². The molecule has 0 amide bonds. The first-order chi connectivity index (χ1) is 11.9. The van der Waals surface area contributed by atoms with Gasteiger partial charge in [-0.1, -0.05) is 55.2 Å². The number of nitrogens with one attached hydrogen (secondary N) is 1. The van der Waals surface area contributed by atoms with E-state index in [-0.39, 0.29) is 6.23 Å². The lowest BCUT2D eigenvalue weighted by Gasteiger charge is -2.36. The van der Waals surface area contributed by atoms with E-state index in [0.717, 1.165) is 23.5 Å². The van der Waals surface area contributed by atoms with Crippen molar-refractivity contribution in [3.63, 3.8) is 0 Å². The van der Waals surface area contributed by atoms with Crippen LogP contribution in [0.1, 0.15) is 40.0 Å². The number of alkyl halides is 2. The minimum atomic E-state index is -3.04. The molecule has 25 heavy (non-hydrogen) atoms. The molecular formula is C17H31Br2N2O3P. The zero-order chi connectivity index (χ0) is 18.7. The molecule has 0 bridgehead atoms. The van der Waals surface area contributed by atoms with Gasteiger partial charge in [0.2, 0.25) is 0 Å². The van der Waals surface area contributed by atoms with Crippen LogP contribution >= 0.6 is 39.5 Å². The average Bonchev–Trinajstić information content (AvgIpc) is 2.54. The second-order valence-electron chi connectivity index (χ2n) is 6.30. The maximum absolute atomic E-state index is 13.1. The van der Waals surface area contributed by atoms with Crippen LogP contribution in [0.2, 0.25) is 0 Å². The third-order valence-electron chi connectivity index (χ3n) is 3.83. The van der Waals surface area contributed by atoms with Crippen molar-refractivity contribution in [3.8, 4) is 0 Å². The number of nitrogens with zero attached hydrogens (tertiary/aromatic N) is 1. The maximum Gasteiger partial charge on any atom is 0.345 e. The summed E-state index contributed by atoms with van der Waals surface area (Å²) in [6, 6.07) is 0. The van der Waals surface area contributed by atoms with Crippen molar-refractivity contribution >= 4 is 39.5 Å². The number of halogens is 2. The average molecular weight is 502 g/mol. The van der Waals surface area contributed by atoms with Crippen molar-refractivity contribution in [1.29, 1.82) is 0 Å². The smallest absolute Gasteiger partial charge is 0.345 e. The molecule has 8 heteroatoms. The Hall–Kier alpha value is 0.510. The van der Waals surface area contributed by atoms with Crippen molar-refractivity contribution in [2.75, 3.05) is 37.0 Å². The molecule has 2 atom stereocenters. The second kappa shape index (κ2) is 12.8. The molecule has 0 spiro atoms. The van der Waals surface area contributed by atoms with Gasteiger partial charge in [0.1, 0.15) is 6.23 Å². The summed E-state index contributed by atoms with van der Waals surface area (Å²) in [5, 5.41) is 4.58. The fraction of sp³-hybridized carbons (Fsp3) is 0.765. The van der Waals surface area contributed by atoms with Gasteiger partial charge in [-0.3, -0.25) is 4.57 Å². The lowest BCUT2D eigenvalue weighted by molar-refractivity contribution is 0.0252. The van der Waals surface area contributed by atoms with Gasteiger partial charge in [0, 0.05) is 30.2 Å². The summed E-state index contributed by atoms with van der Waals surface area (Å²) in [5.74, 6) is 0. The van der Waals surface area contributed by atoms with Gasteiger partial charge in [-0.2, -0.15) is 0 Å². The Bertz CT molecular complexity index is 490. The summed E-state index contributed by atoms with van der Waals surface area (Å²) < 4.78 is 26.4. The van der Waals surface area contributed by atoms with E-state index < -0.39 is 7.67 Å². The van der Waals surface area contributed by atoms with Crippen LogP contribution in [-0.4, -0.2) is 47.9 Å². The van der Waals surface area contributed by atoms with Crippen LogP contribution < -0.4 is 5.09 Å². The molecule has 1 N–H and O–H groups in total. The topological polar surface area (TPSA) is 50.8 Å². The second-order valence-corrected chi connectivity index (χ2v) is 10.0. The van der Waals surface area contributed by atoms with Gasteiger partial charge in [0.05, 0.1) is 13.2 Å². The highest BCUT2D eigenvalue weighted by molar-refractivity contribution is 9.09. The molecule has 1 fully saturated rings. The van der Waals surface area contributed by atoms with Crippen LogP contribution in [0.15, 0.2) is 23.3 Å². The van der Waals surface area contributed by atoms with Crippen molar-refractivity contribution in [3.05, 3.63) is 23.3 Å². The molecule has 1 aliphatic rings. The summed E-state index contributed by atoms with van der Waals surface area (Å²) in [6.07, 6.45) is 6.91. The molecule has 1 rings (SSSR count). The van der Waals surface area contributed by atoms with Crippen LogP contribution in [0.25, 0.3) is 0 Å². The molecule has 146 valence electrons. The highest BCUT2D eigenvalue weighted by Crippen LogP contribution is 2.49. The molecule has 5 nitrogen and oxygen atoms in total. The van der Waals surface area contributed by atoms with E-state index in [1.807, 2.05) is 4.67 Å². The number of hydrogen-bond donors (Lipinski definition) is 1. The van der Waals surface area contributed by atoms with Crippen molar-refractivity contribution in [1.82, 2.24) is 9.76 Å². The number of hydrogen-bond acceptors (Lipinski definition) is 3. The van der Waals surface area contributed by atoms with Crippen LogP contribution in [-0.2, 0) is 13.8 Å². The summed E-state index contributed by atoms with van der Waals surface area (Å²) >= 11 is 6.82. The molecule has 0 aromatic heterocycles. The highest BCUT2D eigenvalue weighted by atomic mass is 79.9. The molecular weight excluding hydrogens is 471 g/mol. The maximum atomic E-state index is 13.1. The Balaban J connectivity index is 2.49. The van der Waals surface area contributed by atoms with Crippen molar-refractivity contribution in [2.45, 2.75) is 46.3 Å². The van der Waals surface area contributed by atoms with E-state index >= 15 is 0 Å². The fourth-order valence-electron chi connectivity index (χ4n) is 2.42. The molecule has 1 heterocycles. The number of allylic oxidation sites excluding steroid dienone is 3.